The van der Waals surface area contributed by atoms with E-state index in [-0.39, 0.29) is 11.2 Å². The van der Waals surface area contributed by atoms with E-state index in [9.17, 15) is 10.1 Å². The third-order valence-corrected chi connectivity index (χ3v) is 7.11. The second kappa shape index (κ2) is 6.96. The summed E-state index contributed by atoms with van der Waals surface area (Å²) in [5.41, 5.74) is 5.79. The summed E-state index contributed by atoms with van der Waals surface area (Å²) in [5, 5.41) is 10.2. The maximum atomic E-state index is 13.7. The van der Waals surface area contributed by atoms with Crippen LogP contribution < -0.4 is 4.90 Å². The summed E-state index contributed by atoms with van der Waals surface area (Å²) < 4.78 is 0. The second-order valence-electron chi connectivity index (χ2n) is 9.55. The Morgan fingerprint density at radius 2 is 1.81 bits per heavy atom. The number of carbonyl (C=O) groups excluding carboxylic acids is 1. The van der Waals surface area contributed by atoms with Gasteiger partial charge in [0.05, 0.1) is 17.2 Å². The van der Waals surface area contributed by atoms with Crippen LogP contribution in [0.25, 0.3) is 10.9 Å². The lowest BCUT2D eigenvalue weighted by Gasteiger charge is -2.39. The number of aromatic amines is 1. The molecule has 1 aliphatic heterocycles. The quantitative estimate of drug-likeness (QED) is 0.676. The molecule has 2 aromatic carbocycles. The molecule has 2 aliphatic rings. The number of piperazine rings is 1. The van der Waals surface area contributed by atoms with Crippen molar-refractivity contribution in [1.29, 1.82) is 5.26 Å². The van der Waals surface area contributed by atoms with Crippen LogP contribution in [0.5, 0.6) is 0 Å². The SMILES string of the molecule is CC(C)N1CCN(c2ccc3c(c2)C(=O)c2c([nH]c4cc(C#N)ccc24)C3(C)C)CC1. The van der Waals surface area contributed by atoms with Crippen molar-refractivity contribution in [1.82, 2.24) is 9.88 Å². The molecule has 1 aromatic heterocycles. The molecule has 0 atom stereocenters. The van der Waals surface area contributed by atoms with E-state index >= 15 is 0 Å². The van der Waals surface area contributed by atoms with E-state index in [1.54, 1.807) is 6.07 Å². The van der Waals surface area contributed by atoms with Crippen molar-refractivity contribution in [3.05, 3.63) is 64.3 Å². The number of ketones is 1. The first-order valence-electron chi connectivity index (χ1n) is 11.1. The summed E-state index contributed by atoms with van der Waals surface area (Å²) in [7, 11) is 0. The number of benzene rings is 2. The number of hydrogen-bond acceptors (Lipinski definition) is 4. The van der Waals surface area contributed by atoms with Crippen molar-refractivity contribution in [2.75, 3.05) is 31.1 Å². The fraction of sp³-hybridized carbons (Fsp3) is 0.385. The predicted molar refractivity (Wildman–Crippen MR) is 124 cm³/mol. The molecule has 5 heteroatoms. The van der Waals surface area contributed by atoms with Gasteiger partial charge in [-0.25, -0.2) is 0 Å². The lowest BCUT2D eigenvalue weighted by Crippen LogP contribution is -2.49. The number of nitrogens with one attached hydrogen (secondary N) is 1. The smallest absolute Gasteiger partial charge is 0.195 e. The van der Waals surface area contributed by atoms with Gasteiger partial charge < -0.3 is 9.88 Å². The average Bonchev–Trinajstić information content (AvgIpc) is 3.17. The fourth-order valence-corrected chi connectivity index (χ4v) is 5.20. The Kier molecular flexibility index (Phi) is 4.46. The summed E-state index contributed by atoms with van der Waals surface area (Å²) in [5.74, 6) is 0.0722. The van der Waals surface area contributed by atoms with Gasteiger partial charge in [-0.05, 0) is 43.7 Å². The van der Waals surface area contributed by atoms with Gasteiger partial charge in [0, 0.05) is 65.5 Å². The summed E-state index contributed by atoms with van der Waals surface area (Å²) in [4.78, 5) is 22.0. The Balaban J connectivity index is 1.57. The fourth-order valence-electron chi connectivity index (χ4n) is 5.20. The van der Waals surface area contributed by atoms with Crippen molar-refractivity contribution >= 4 is 22.4 Å². The van der Waals surface area contributed by atoms with Crippen molar-refractivity contribution in [2.45, 2.75) is 39.2 Å². The zero-order chi connectivity index (χ0) is 21.9. The summed E-state index contributed by atoms with van der Waals surface area (Å²) >= 11 is 0. The highest BCUT2D eigenvalue weighted by Gasteiger charge is 2.40. The van der Waals surface area contributed by atoms with Gasteiger partial charge in [-0.3, -0.25) is 9.69 Å². The van der Waals surface area contributed by atoms with Crippen LogP contribution in [0.1, 0.15) is 60.4 Å². The van der Waals surface area contributed by atoms with E-state index in [0.29, 0.717) is 11.6 Å². The minimum absolute atomic E-state index is 0.0722. The van der Waals surface area contributed by atoms with Gasteiger partial charge in [0.25, 0.3) is 0 Å². The van der Waals surface area contributed by atoms with Crippen LogP contribution in [-0.2, 0) is 5.41 Å². The Morgan fingerprint density at radius 3 is 2.48 bits per heavy atom. The van der Waals surface area contributed by atoms with Crippen molar-refractivity contribution in [2.24, 2.45) is 0 Å². The molecule has 1 aliphatic carbocycles. The van der Waals surface area contributed by atoms with Crippen LogP contribution in [0, 0.1) is 11.3 Å². The second-order valence-corrected chi connectivity index (χ2v) is 9.55. The topological polar surface area (TPSA) is 63.1 Å². The van der Waals surface area contributed by atoms with Gasteiger partial charge in [0.1, 0.15) is 0 Å². The molecule has 3 aromatic rings. The molecule has 0 saturated carbocycles. The number of H-pyrrole nitrogens is 1. The maximum Gasteiger partial charge on any atom is 0.195 e. The zero-order valence-electron chi connectivity index (χ0n) is 18.6. The normalized spacial score (nSPS) is 18.2. The molecule has 5 rings (SSSR count). The van der Waals surface area contributed by atoms with E-state index in [4.69, 9.17) is 0 Å². The van der Waals surface area contributed by atoms with Gasteiger partial charge in [0.15, 0.2) is 5.78 Å². The molecule has 0 unspecified atom stereocenters. The lowest BCUT2D eigenvalue weighted by molar-refractivity contribution is 0.103. The molecule has 0 radical (unpaired) electrons. The van der Waals surface area contributed by atoms with E-state index in [0.717, 1.165) is 65.2 Å². The molecular formula is C26H28N4O. The van der Waals surface area contributed by atoms with Crippen LogP contribution in [0.3, 0.4) is 0 Å². The molecule has 0 spiro atoms. The predicted octanol–water partition coefficient (Wildman–Crippen LogP) is 4.44. The molecule has 5 nitrogen and oxygen atoms in total. The molecule has 1 fully saturated rings. The van der Waals surface area contributed by atoms with Gasteiger partial charge in [-0.2, -0.15) is 5.26 Å². The number of rotatable bonds is 2. The van der Waals surface area contributed by atoms with E-state index < -0.39 is 0 Å². The zero-order valence-corrected chi connectivity index (χ0v) is 18.6. The number of fused-ring (bicyclic) bond motifs is 4. The Bertz CT molecular complexity index is 1240. The first-order chi connectivity index (χ1) is 14.8. The lowest BCUT2D eigenvalue weighted by atomic mass is 9.71. The summed E-state index contributed by atoms with van der Waals surface area (Å²) in [6, 6.07) is 14.7. The molecule has 158 valence electrons. The number of aromatic nitrogens is 1. The van der Waals surface area contributed by atoms with Crippen LogP contribution in [0.15, 0.2) is 36.4 Å². The molecule has 2 heterocycles. The highest BCUT2D eigenvalue weighted by Crippen LogP contribution is 2.44. The minimum atomic E-state index is -0.320. The molecule has 1 saturated heterocycles. The average molecular weight is 413 g/mol. The van der Waals surface area contributed by atoms with Crippen LogP contribution >= 0.6 is 0 Å². The van der Waals surface area contributed by atoms with Crippen LogP contribution in [0.2, 0.25) is 0 Å². The van der Waals surface area contributed by atoms with E-state index in [2.05, 4.69) is 66.7 Å². The van der Waals surface area contributed by atoms with Gasteiger partial charge >= 0.3 is 0 Å². The summed E-state index contributed by atoms with van der Waals surface area (Å²) in [6.45, 7) is 12.9. The summed E-state index contributed by atoms with van der Waals surface area (Å²) in [6.07, 6.45) is 0. The number of nitriles is 1. The minimum Gasteiger partial charge on any atom is -0.369 e. The van der Waals surface area contributed by atoms with Crippen molar-refractivity contribution < 1.29 is 4.79 Å². The van der Waals surface area contributed by atoms with E-state index in [1.807, 2.05) is 12.1 Å². The number of nitrogens with zero attached hydrogens (tertiary/aromatic N) is 3. The molecule has 0 bridgehead atoms. The number of hydrogen-bond donors (Lipinski definition) is 1. The van der Waals surface area contributed by atoms with Crippen molar-refractivity contribution in [3.63, 3.8) is 0 Å². The third-order valence-electron chi connectivity index (χ3n) is 7.11. The molecular weight excluding hydrogens is 384 g/mol. The van der Waals surface area contributed by atoms with Crippen LogP contribution in [-0.4, -0.2) is 47.9 Å². The number of carbonyl (C=O) groups is 1. The van der Waals surface area contributed by atoms with Gasteiger partial charge in [-0.15, -0.1) is 0 Å². The van der Waals surface area contributed by atoms with Gasteiger partial charge in [0.2, 0.25) is 0 Å². The first-order valence-corrected chi connectivity index (χ1v) is 11.1. The van der Waals surface area contributed by atoms with Crippen molar-refractivity contribution in [3.8, 4) is 6.07 Å². The van der Waals surface area contributed by atoms with E-state index in [1.165, 1.54) is 0 Å². The molecule has 1 N–H and O–H groups in total. The molecule has 0 amide bonds. The Hall–Kier alpha value is -3.10. The maximum absolute atomic E-state index is 13.7. The van der Waals surface area contributed by atoms with Crippen LogP contribution in [0.4, 0.5) is 5.69 Å². The molecule has 31 heavy (non-hydrogen) atoms. The highest BCUT2D eigenvalue weighted by molar-refractivity contribution is 6.20. The largest absolute Gasteiger partial charge is 0.369 e. The number of anilines is 1. The Morgan fingerprint density at radius 1 is 1.06 bits per heavy atom. The van der Waals surface area contributed by atoms with Gasteiger partial charge in [-0.1, -0.05) is 26.0 Å². The Labute approximate surface area is 183 Å². The highest BCUT2D eigenvalue weighted by atomic mass is 16.1. The standard InChI is InChI=1S/C26H28N4O/c1-16(2)29-9-11-30(12-10-29)18-6-8-21-20(14-18)24(31)23-19-7-5-17(15-27)13-22(19)28-25(23)26(21,3)4/h5-8,13-14,16,28H,9-12H2,1-4H3. The third kappa shape index (κ3) is 2.97. The first kappa shape index (κ1) is 19.8. The monoisotopic (exact) mass is 412 g/mol.